The van der Waals surface area contributed by atoms with Crippen molar-refractivity contribution >= 4 is 33.2 Å². The van der Waals surface area contributed by atoms with E-state index in [0.29, 0.717) is 25.0 Å². The first-order valence-electron chi connectivity index (χ1n) is 7.28. The van der Waals surface area contributed by atoms with Crippen LogP contribution in [-0.2, 0) is 14.6 Å². The zero-order valence-corrected chi connectivity index (χ0v) is 13.6. The minimum absolute atomic E-state index is 0.0809. The second-order valence-electron chi connectivity index (χ2n) is 5.29. The number of nitrogens with one attached hydrogen (secondary N) is 1. The second-order valence-corrected chi connectivity index (χ2v) is 7.07. The molecule has 0 spiro atoms. The fourth-order valence-corrected chi connectivity index (χ4v) is 3.75. The molecule has 0 atom stereocenters. The number of amides is 1. The van der Waals surface area contributed by atoms with Gasteiger partial charge in [0.25, 0.3) is 0 Å². The van der Waals surface area contributed by atoms with Crippen LogP contribution in [0.25, 0.3) is 5.57 Å². The molecular formula is C15H15N3O5S. The summed E-state index contributed by atoms with van der Waals surface area (Å²) in [4.78, 5) is 18.7. The number of benzene rings is 1. The molecule has 1 aromatic carbocycles. The van der Waals surface area contributed by atoms with E-state index in [-0.39, 0.29) is 22.2 Å². The maximum absolute atomic E-state index is 12.2. The van der Waals surface area contributed by atoms with Crippen LogP contribution in [0.5, 0.6) is 11.5 Å². The number of phenolic OH excluding ortho intramolecular Hbond substituents is 2. The van der Waals surface area contributed by atoms with Crippen LogP contribution in [0.1, 0.15) is 19.8 Å². The van der Waals surface area contributed by atoms with Gasteiger partial charge in [-0.2, -0.15) is 0 Å². The Labute approximate surface area is 137 Å². The maximum atomic E-state index is 12.2. The number of sulfone groups is 1. The Balaban J connectivity index is 2.15. The Morgan fingerprint density at radius 3 is 2.75 bits per heavy atom. The zero-order valence-electron chi connectivity index (χ0n) is 12.8. The van der Waals surface area contributed by atoms with Crippen molar-refractivity contribution in [3.63, 3.8) is 0 Å². The number of carbonyl (C=O) groups excluding carboxylic acids is 1. The van der Waals surface area contributed by atoms with Gasteiger partial charge in [0.1, 0.15) is 21.7 Å². The Hall–Kier alpha value is -2.68. The van der Waals surface area contributed by atoms with Crippen LogP contribution in [0.3, 0.4) is 0 Å². The van der Waals surface area contributed by atoms with Crippen LogP contribution in [0, 0.1) is 0 Å². The molecule has 1 aromatic rings. The smallest absolute Gasteiger partial charge is 0.219 e. The third kappa shape index (κ3) is 2.46. The average molecular weight is 349 g/mol. The van der Waals surface area contributed by atoms with Gasteiger partial charge in [-0.1, -0.05) is 6.92 Å². The highest BCUT2D eigenvalue weighted by atomic mass is 32.2. The van der Waals surface area contributed by atoms with Crippen molar-refractivity contribution in [1.82, 2.24) is 5.32 Å². The molecule has 8 nitrogen and oxygen atoms in total. The highest BCUT2D eigenvalue weighted by molar-refractivity contribution is 7.94. The summed E-state index contributed by atoms with van der Waals surface area (Å²) in [6.45, 7) is 2.04. The molecule has 126 valence electrons. The molecule has 0 aromatic heterocycles. The minimum Gasteiger partial charge on any atom is -0.506 e. The maximum Gasteiger partial charge on any atom is 0.219 e. The number of carbonyl (C=O) groups is 1. The number of fused-ring (bicyclic) bond motifs is 2. The molecular weight excluding hydrogens is 334 g/mol. The summed E-state index contributed by atoms with van der Waals surface area (Å²) in [5, 5.41) is 24.2. The van der Waals surface area contributed by atoms with E-state index in [1.54, 1.807) is 6.92 Å². The van der Waals surface area contributed by atoms with Crippen molar-refractivity contribution in [2.24, 2.45) is 9.98 Å². The van der Waals surface area contributed by atoms with Crippen molar-refractivity contribution in [2.75, 3.05) is 6.54 Å². The topological polar surface area (TPSA) is 128 Å². The molecule has 0 radical (unpaired) electrons. The molecule has 24 heavy (non-hydrogen) atoms. The summed E-state index contributed by atoms with van der Waals surface area (Å²) in [6, 6.07) is 0. The van der Waals surface area contributed by atoms with E-state index in [1.165, 1.54) is 6.21 Å². The van der Waals surface area contributed by atoms with Gasteiger partial charge in [0.15, 0.2) is 5.75 Å². The van der Waals surface area contributed by atoms with Crippen molar-refractivity contribution in [2.45, 2.75) is 24.7 Å². The first-order chi connectivity index (χ1) is 11.4. The largest absolute Gasteiger partial charge is 0.506 e. The number of aromatic hydroxyl groups is 2. The van der Waals surface area contributed by atoms with Crippen LogP contribution in [0.4, 0.5) is 5.69 Å². The summed E-state index contributed by atoms with van der Waals surface area (Å²) in [6.07, 6.45) is 3.17. The van der Waals surface area contributed by atoms with Gasteiger partial charge >= 0.3 is 0 Å². The van der Waals surface area contributed by atoms with E-state index < -0.39 is 26.2 Å². The van der Waals surface area contributed by atoms with Gasteiger partial charge in [-0.05, 0) is 12.0 Å². The van der Waals surface area contributed by atoms with E-state index in [1.807, 2.05) is 0 Å². The van der Waals surface area contributed by atoms with Gasteiger partial charge in [-0.3, -0.25) is 14.8 Å². The van der Waals surface area contributed by atoms with E-state index in [0.717, 1.165) is 11.6 Å². The van der Waals surface area contributed by atoms with Gasteiger partial charge in [0.05, 0.1) is 10.6 Å². The van der Waals surface area contributed by atoms with E-state index in [4.69, 9.17) is 0 Å². The van der Waals surface area contributed by atoms with E-state index >= 15 is 0 Å². The summed E-state index contributed by atoms with van der Waals surface area (Å²) in [7, 11) is -3.90. The second kappa shape index (κ2) is 5.75. The normalized spacial score (nSPS) is 16.5. The summed E-state index contributed by atoms with van der Waals surface area (Å²) >= 11 is 0. The highest BCUT2D eigenvalue weighted by Gasteiger charge is 2.29. The summed E-state index contributed by atoms with van der Waals surface area (Å²) in [5.41, 5.74) is 0.610. The molecule has 0 unspecified atom stereocenters. The summed E-state index contributed by atoms with van der Waals surface area (Å²) < 4.78 is 24.3. The Morgan fingerprint density at radius 1 is 1.29 bits per heavy atom. The van der Waals surface area contributed by atoms with Crippen molar-refractivity contribution in [3.05, 3.63) is 22.2 Å². The third-order valence-electron chi connectivity index (χ3n) is 3.79. The number of hydrogen-bond acceptors (Lipinski definition) is 7. The molecule has 0 bridgehead atoms. The molecule has 1 amide bonds. The number of phenols is 2. The lowest BCUT2D eigenvalue weighted by Crippen LogP contribution is -2.25. The predicted molar refractivity (Wildman–Crippen MR) is 86.4 cm³/mol. The Morgan fingerprint density at radius 2 is 2.04 bits per heavy atom. The van der Waals surface area contributed by atoms with Gasteiger partial charge in [0.2, 0.25) is 15.7 Å². The molecule has 2 aliphatic heterocycles. The fourth-order valence-electron chi connectivity index (χ4n) is 2.61. The lowest BCUT2D eigenvalue weighted by Gasteiger charge is -2.11. The molecule has 0 fully saturated rings. The Bertz CT molecular complexity index is 1020. The minimum atomic E-state index is -3.90. The van der Waals surface area contributed by atoms with Crippen LogP contribution in [0.2, 0.25) is 0 Å². The van der Waals surface area contributed by atoms with Crippen LogP contribution in [-0.4, -0.2) is 37.3 Å². The fraction of sp³-hybridized carbons (Fsp3) is 0.267. The lowest BCUT2D eigenvalue weighted by atomic mass is 10.1. The number of hydrogen-bond donors (Lipinski definition) is 3. The Kier molecular flexibility index (Phi) is 3.88. The van der Waals surface area contributed by atoms with Crippen LogP contribution >= 0.6 is 0 Å². The number of aliphatic imine (C=N–C) groups is 1. The number of nitrogens with zero attached hydrogens (tertiary/aromatic N) is 2. The lowest BCUT2D eigenvalue weighted by molar-refractivity contribution is -0.120. The highest BCUT2D eigenvalue weighted by Crippen LogP contribution is 2.31. The monoisotopic (exact) mass is 349 g/mol. The van der Waals surface area contributed by atoms with Crippen LogP contribution < -0.4 is 15.9 Å². The van der Waals surface area contributed by atoms with Crippen molar-refractivity contribution in [1.29, 1.82) is 0 Å². The predicted octanol–water partition coefficient (Wildman–Crippen LogP) is -0.241. The van der Waals surface area contributed by atoms with E-state index in [2.05, 4.69) is 15.3 Å². The van der Waals surface area contributed by atoms with Crippen molar-refractivity contribution < 1.29 is 23.4 Å². The molecule has 0 aliphatic carbocycles. The standard InChI is InChI=1S/C15H15N3O5S/c1-2-9(19)16-4-3-8-7-18-11-10(8)13(20)15-12(14(11)21)17-5-6-24(15,22)23/h5-7,20-21H,2-4H2,1H3,(H,16,19). The van der Waals surface area contributed by atoms with Gasteiger partial charge < -0.3 is 15.5 Å². The zero-order chi connectivity index (χ0) is 17.5. The molecule has 0 saturated carbocycles. The van der Waals surface area contributed by atoms with Gasteiger partial charge in [0, 0.05) is 25.4 Å². The molecule has 2 heterocycles. The quantitative estimate of drug-likeness (QED) is 0.646. The SMILES string of the molecule is CCC(=O)NCCC1=c2c(O)c3c(c(O)c2N=C1)=NC=CS3(=O)=O. The number of rotatable bonds is 4. The first-order valence-corrected chi connectivity index (χ1v) is 8.82. The summed E-state index contributed by atoms with van der Waals surface area (Å²) in [5.74, 6) is -0.996. The first kappa shape index (κ1) is 16.2. The van der Waals surface area contributed by atoms with Crippen LogP contribution in [0.15, 0.2) is 26.5 Å². The molecule has 9 heteroatoms. The molecule has 3 rings (SSSR count). The average Bonchev–Trinajstić information content (AvgIpc) is 2.96. The molecule has 0 saturated heterocycles. The van der Waals surface area contributed by atoms with E-state index in [9.17, 15) is 23.4 Å². The van der Waals surface area contributed by atoms with Gasteiger partial charge in [-0.25, -0.2) is 8.42 Å². The molecule has 3 N–H and O–H groups in total. The van der Waals surface area contributed by atoms with Crippen molar-refractivity contribution in [3.8, 4) is 11.5 Å². The van der Waals surface area contributed by atoms with Gasteiger partial charge in [-0.15, -0.1) is 0 Å². The third-order valence-corrected chi connectivity index (χ3v) is 5.22. The molecule has 2 aliphatic rings.